The van der Waals surface area contributed by atoms with Crippen LogP contribution in [0.1, 0.15) is 55.8 Å². The Kier molecular flexibility index (Phi) is 32.8. The minimum atomic E-state index is -0.743. The van der Waals surface area contributed by atoms with Gasteiger partial charge in [-0.2, -0.15) is 0 Å². The molecule has 2 aliphatic carbocycles. The number of carbonyl (C=O) groups excluding carboxylic acids is 4. The smallest absolute Gasteiger partial charge is 0.363 e. The van der Waals surface area contributed by atoms with Crippen LogP contribution in [0.5, 0.6) is 0 Å². The van der Waals surface area contributed by atoms with Crippen LogP contribution in [-0.2, 0) is 42.8 Å². The number of azide groups is 2. The van der Waals surface area contributed by atoms with Gasteiger partial charge in [-0.1, -0.05) is 58.8 Å². The zero-order chi connectivity index (χ0) is 66.5. The molecule has 4 aromatic rings. The standard InChI is InChI=1S/C32H40N6O4.C28H28N3O4.C8H18N4O3/c1-37(2)29-13-9-26(10-14-29)31(27-11-15-30(16-12-27)38(3)4)25-5-7-28(8-6-25)32(39)34-17-19-40-21-23-42-24-22-41-20-18-35-36-33;1-29(2)23-13-9-20(10-14-23)27(21-11-15-24(16-12-21)30(3)4)19-5-7-22(8-6-19)28(34)35-31-25(32)17-18-26(31)33;9-1-3-13-5-7-15-8-6-14-4-2-11-12-10/h5-16H,17-24H2,1-4H3;5-16H,17-18H2,1-4H3;1-9H2/q;+1;/p+1. The Morgan fingerprint density at radius 3 is 1.16 bits per heavy atom. The molecule has 0 aromatic heterocycles. The number of hydroxylamine groups is 2. The summed E-state index contributed by atoms with van der Waals surface area (Å²) >= 11 is 0. The second-order valence-electron chi connectivity index (χ2n) is 21.3. The minimum absolute atomic E-state index is 0.0581. The number of ether oxygens (including phenoxy) is 6. The molecule has 0 radical (unpaired) electrons. The van der Waals surface area contributed by atoms with E-state index in [1.165, 1.54) is 0 Å². The SMILES string of the molecule is CN(C)c1ccc(C(=C2C=CC(=[N+](C)C)C=C2)c2ccc(C(=O)NCCOCCOCCOCCN=[N+]=[N-])cc2)cc1.CN(C)c1ccc(C(=C2C=CC(=[N+](C)C)C=C2)c2ccc(C(=O)ON3C(=O)CCC3=O)cc2)cc1.[N-]=[N+]=NCCOCCOCCOCCN. The van der Waals surface area contributed by atoms with Gasteiger partial charge in [-0.05, 0) is 128 Å². The van der Waals surface area contributed by atoms with E-state index in [-0.39, 0.29) is 24.3 Å². The summed E-state index contributed by atoms with van der Waals surface area (Å²) in [7, 11) is 16.1. The number of nitrogens with zero attached hydrogens (tertiary/aromatic N) is 11. The lowest BCUT2D eigenvalue weighted by atomic mass is 9.90. The van der Waals surface area contributed by atoms with Gasteiger partial charge in [-0.25, -0.2) is 13.9 Å². The van der Waals surface area contributed by atoms with E-state index in [0.717, 1.165) is 67.3 Å². The summed E-state index contributed by atoms with van der Waals surface area (Å²) in [6.07, 6.45) is 16.9. The number of nitrogens with one attached hydrogen (secondary N) is 1. The Hall–Kier alpha value is -9.32. The van der Waals surface area contributed by atoms with E-state index < -0.39 is 17.8 Å². The van der Waals surface area contributed by atoms with E-state index in [4.69, 9.17) is 50.1 Å². The number of nitrogens with two attached hydrogens (primary N) is 1. The van der Waals surface area contributed by atoms with Gasteiger partial charge in [-0.15, -0.1) is 5.06 Å². The Bertz CT molecular complexity index is 3350. The van der Waals surface area contributed by atoms with E-state index in [1.807, 2.05) is 102 Å². The highest BCUT2D eigenvalue weighted by Gasteiger charge is 2.33. The lowest BCUT2D eigenvalue weighted by Gasteiger charge is -2.17. The highest BCUT2D eigenvalue weighted by Crippen LogP contribution is 2.33. The van der Waals surface area contributed by atoms with Crippen LogP contribution in [0, 0.1) is 0 Å². The van der Waals surface area contributed by atoms with Gasteiger partial charge in [0.05, 0.1) is 84.8 Å². The molecule has 0 saturated carbocycles. The van der Waals surface area contributed by atoms with Crippen LogP contribution in [0.25, 0.3) is 32.0 Å². The lowest BCUT2D eigenvalue weighted by molar-refractivity contribution is -0.462. The van der Waals surface area contributed by atoms with Gasteiger partial charge in [0.1, 0.15) is 28.2 Å². The first-order chi connectivity index (χ1) is 44.6. The van der Waals surface area contributed by atoms with Crippen molar-refractivity contribution in [2.24, 2.45) is 16.0 Å². The molecular formula is C68H87N13O11+2. The van der Waals surface area contributed by atoms with E-state index in [1.54, 1.807) is 12.1 Å². The van der Waals surface area contributed by atoms with Crippen LogP contribution >= 0.6 is 0 Å². The number of hydrogen-bond donors (Lipinski definition) is 2. The van der Waals surface area contributed by atoms with Crippen molar-refractivity contribution in [3.05, 3.63) is 211 Å². The molecule has 7 rings (SSSR count). The van der Waals surface area contributed by atoms with Crippen molar-refractivity contribution in [1.29, 1.82) is 0 Å². The van der Waals surface area contributed by atoms with Crippen LogP contribution in [0.15, 0.2) is 167 Å². The van der Waals surface area contributed by atoms with Crippen molar-refractivity contribution >= 4 is 57.6 Å². The number of anilines is 2. The first-order valence-corrected chi connectivity index (χ1v) is 30.2. The van der Waals surface area contributed by atoms with Gasteiger partial charge in [0.25, 0.3) is 17.7 Å². The summed E-state index contributed by atoms with van der Waals surface area (Å²) in [5.74, 6) is -1.89. The van der Waals surface area contributed by atoms with Gasteiger partial charge < -0.3 is 54.1 Å². The third kappa shape index (κ3) is 25.2. The number of benzene rings is 4. The van der Waals surface area contributed by atoms with Gasteiger partial charge >= 0.3 is 5.97 Å². The summed E-state index contributed by atoms with van der Waals surface area (Å²) in [6, 6.07) is 31.5. The Balaban J connectivity index is 0.000000277. The molecule has 488 valence electrons. The molecule has 0 bridgehead atoms. The van der Waals surface area contributed by atoms with Gasteiger partial charge in [0, 0.05) is 118 Å². The van der Waals surface area contributed by atoms with Crippen molar-refractivity contribution in [3.63, 3.8) is 0 Å². The van der Waals surface area contributed by atoms with Crippen LogP contribution < -0.4 is 20.9 Å². The number of imide groups is 1. The molecule has 1 aliphatic heterocycles. The van der Waals surface area contributed by atoms with Crippen LogP contribution in [0.4, 0.5) is 11.4 Å². The molecule has 24 nitrogen and oxygen atoms in total. The first-order valence-electron chi connectivity index (χ1n) is 30.2. The predicted molar refractivity (Wildman–Crippen MR) is 358 cm³/mol. The molecule has 0 spiro atoms. The zero-order valence-electron chi connectivity index (χ0n) is 54.1. The maximum absolute atomic E-state index is 12.7. The van der Waals surface area contributed by atoms with Crippen molar-refractivity contribution in [3.8, 4) is 0 Å². The highest BCUT2D eigenvalue weighted by molar-refractivity contribution is 6.05. The Labute approximate surface area is 539 Å². The number of allylic oxidation sites excluding steroid dienone is 10. The van der Waals surface area contributed by atoms with E-state index in [0.29, 0.717) is 116 Å². The molecule has 3 N–H and O–H groups in total. The average molecular weight is 1260 g/mol. The normalized spacial score (nSPS) is 12.9. The zero-order valence-corrected chi connectivity index (χ0v) is 54.1. The third-order valence-corrected chi connectivity index (χ3v) is 13.8. The fraction of sp³-hybridized carbons (Fsp3) is 0.382. The van der Waals surface area contributed by atoms with Gasteiger partial charge in [0.2, 0.25) is 0 Å². The molecule has 3 amide bonds. The van der Waals surface area contributed by atoms with E-state index in [9.17, 15) is 19.2 Å². The van der Waals surface area contributed by atoms with Crippen molar-refractivity contribution in [2.75, 3.05) is 172 Å². The first kappa shape index (κ1) is 73.4. The molecule has 0 atom stereocenters. The molecule has 24 heteroatoms. The molecule has 92 heavy (non-hydrogen) atoms. The molecule has 1 heterocycles. The summed E-state index contributed by atoms with van der Waals surface area (Å²) < 4.78 is 35.7. The van der Waals surface area contributed by atoms with Crippen molar-refractivity contribution in [1.82, 2.24) is 10.4 Å². The van der Waals surface area contributed by atoms with Gasteiger partial charge in [-0.3, -0.25) is 14.4 Å². The number of amides is 3. The average Bonchev–Trinajstić information content (AvgIpc) is 0.991. The molecule has 3 aliphatic rings. The number of hydrogen-bond acceptors (Lipinski definition) is 16. The van der Waals surface area contributed by atoms with Crippen molar-refractivity contribution in [2.45, 2.75) is 12.8 Å². The summed E-state index contributed by atoms with van der Waals surface area (Å²) in [4.78, 5) is 63.2. The fourth-order valence-electron chi connectivity index (χ4n) is 8.87. The highest BCUT2D eigenvalue weighted by atomic mass is 16.7. The topological polar surface area (TPSA) is 284 Å². The second kappa shape index (κ2) is 41.1. The Morgan fingerprint density at radius 1 is 0.489 bits per heavy atom. The molecule has 1 saturated heterocycles. The van der Waals surface area contributed by atoms with Gasteiger partial charge in [0.15, 0.2) is 11.4 Å². The lowest BCUT2D eigenvalue weighted by Crippen LogP contribution is -2.32. The molecular weight excluding hydrogens is 1170 g/mol. The largest absolute Gasteiger partial charge is 0.379 e. The van der Waals surface area contributed by atoms with Crippen LogP contribution in [0.2, 0.25) is 0 Å². The number of carbonyl (C=O) groups is 4. The maximum Gasteiger partial charge on any atom is 0.363 e. The second-order valence-corrected chi connectivity index (χ2v) is 21.3. The van der Waals surface area contributed by atoms with E-state index in [2.05, 4.69) is 132 Å². The molecule has 4 aromatic carbocycles. The molecule has 0 unspecified atom stereocenters. The van der Waals surface area contributed by atoms with E-state index >= 15 is 0 Å². The minimum Gasteiger partial charge on any atom is -0.379 e. The van der Waals surface area contributed by atoms with Crippen LogP contribution in [-0.4, -0.2) is 211 Å². The molecule has 1 fully saturated rings. The number of rotatable bonds is 32. The predicted octanol–water partition coefficient (Wildman–Crippen LogP) is 8.40. The third-order valence-electron chi connectivity index (χ3n) is 13.8. The quantitative estimate of drug-likeness (QED) is 0.0116. The fourth-order valence-corrected chi connectivity index (χ4v) is 8.87. The monoisotopic (exact) mass is 1260 g/mol. The maximum atomic E-state index is 12.7. The summed E-state index contributed by atoms with van der Waals surface area (Å²) in [6.45, 7) is 7.19. The Morgan fingerprint density at radius 2 is 0.815 bits per heavy atom. The van der Waals surface area contributed by atoms with Crippen molar-refractivity contribution < 1.29 is 61.6 Å². The summed E-state index contributed by atoms with van der Waals surface area (Å²) in [5, 5.41) is 10.2. The van der Waals surface area contributed by atoms with Crippen LogP contribution in [0.3, 0.4) is 0 Å². The summed E-state index contributed by atoms with van der Waals surface area (Å²) in [5.41, 5.74) is 35.1.